The lowest BCUT2D eigenvalue weighted by atomic mass is 10.3. The van der Waals surface area contributed by atoms with Gasteiger partial charge in [0, 0.05) is 18.8 Å². The molecule has 0 atom stereocenters. The van der Waals surface area contributed by atoms with Gasteiger partial charge in [-0.15, -0.1) is 11.6 Å². The minimum Gasteiger partial charge on any atom is -0.281 e. The van der Waals surface area contributed by atoms with Crippen LogP contribution >= 0.6 is 11.6 Å². The van der Waals surface area contributed by atoms with Crippen molar-refractivity contribution in [2.24, 2.45) is 0 Å². The van der Waals surface area contributed by atoms with Crippen LogP contribution in [0.5, 0.6) is 0 Å². The van der Waals surface area contributed by atoms with E-state index in [0.717, 1.165) is 34.9 Å². The first-order valence-electron chi connectivity index (χ1n) is 6.92. The molecule has 2 heterocycles. The minimum atomic E-state index is -0.273. The highest BCUT2D eigenvalue weighted by Crippen LogP contribution is 2.25. The third-order valence-corrected chi connectivity index (χ3v) is 3.65. The summed E-state index contributed by atoms with van der Waals surface area (Å²) in [7, 11) is 0. The van der Waals surface area contributed by atoms with Crippen molar-refractivity contribution in [3.05, 3.63) is 41.6 Å². The van der Waals surface area contributed by atoms with E-state index in [1.807, 2.05) is 29.2 Å². The van der Waals surface area contributed by atoms with E-state index in [0.29, 0.717) is 12.3 Å². The molecule has 0 saturated heterocycles. The highest BCUT2D eigenvalue weighted by atomic mass is 35.5. The molecule has 0 aliphatic rings. The Kier molecular flexibility index (Phi) is 3.68. The number of aromatic nitrogens is 4. The second kappa shape index (κ2) is 5.48. The van der Waals surface area contributed by atoms with Gasteiger partial charge in [-0.25, -0.2) is 14.1 Å². The average Bonchev–Trinajstić information content (AvgIpc) is 2.97. The van der Waals surface area contributed by atoms with Gasteiger partial charge in [-0.1, -0.05) is 6.07 Å². The predicted molar refractivity (Wildman–Crippen MR) is 81.6 cm³/mol. The van der Waals surface area contributed by atoms with Gasteiger partial charge in [0.1, 0.15) is 17.2 Å². The Morgan fingerprint density at radius 1 is 1.33 bits per heavy atom. The molecule has 6 heteroatoms. The summed E-state index contributed by atoms with van der Waals surface area (Å²) < 4.78 is 17.4. The van der Waals surface area contributed by atoms with Gasteiger partial charge < -0.3 is 0 Å². The fourth-order valence-corrected chi connectivity index (χ4v) is 2.74. The molecule has 4 nitrogen and oxygen atoms in total. The Bertz CT molecular complexity index is 790. The average molecular weight is 307 g/mol. The van der Waals surface area contributed by atoms with Gasteiger partial charge in [0.15, 0.2) is 5.65 Å². The molecule has 2 aromatic heterocycles. The summed E-state index contributed by atoms with van der Waals surface area (Å²) in [5.74, 6) is 1.02. The number of aryl methyl sites for hydroxylation is 3. The number of halogens is 2. The summed E-state index contributed by atoms with van der Waals surface area (Å²) in [5, 5.41) is 4.48. The quantitative estimate of drug-likeness (QED) is 0.692. The summed E-state index contributed by atoms with van der Waals surface area (Å²) in [5.41, 5.74) is 3.35. The van der Waals surface area contributed by atoms with Crippen molar-refractivity contribution < 1.29 is 4.39 Å². The van der Waals surface area contributed by atoms with E-state index in [-0.39, 0.29) is 5.82 Å². The smallest absolute Gasteiger partial charge is 0.163 e. The van der Waals surface area contributed by atoms with Gasteiger partial charge in [0.25, 0.3) is 0 Å². The van der Waals surface area contributed by atoms with Crippen molar-refractivity contribution in [2.45, 2.75) is 26.8 Å². The highest BCUT2D eigenvalue weighted by molar-refractivity contribution is 6.17. The molecule has 0 amide bonds. The monoisotopic (exact) mass is 306 g/mol. The van der Waals surface area contributed by atoms with E-state index >= 15 is 0 Å². The molecule has 0 spiro atoms. The topological polar surface area (TPSA) is 35.6 Å². The van der Waals surface area contributed by atoms with Crippen molar-refractivity contribution in [3.8, 4) is 5.69 Å². The van der Waals surface area contributed by atoms with E-state index in [2.05, 4.69) is 10.1 Å². The van der Waals surface area contributed by atoms with Crippen molar-refractivity contribution in [2.75, 3.05) is 5.88 Å². The second-order valence-electron chi connectivity index (χ2n) is 4.86. The number of alkyl halides is 1. The number of hydrogen-bond donors (Lipinski definition) is 0. The van der Waals surface area contributed by atoms with Crippen LogP contribution in [0.1, 0.15) is 18.4 Å². The highest BCUT2D eigenvalue weighted by Gasteiger charge is 2.19. The zero-order valence-corrected chi connectivity index (χ0v) is 12.7. The minimum absolute atomic E-state index is 0.273. The van der Waals surface area contributed by atoms with Crippen LogP contribution in [0.25, 0.3) is 16.9 Å². The maximum absolute atomic E-state index is 13.6. The van der Waals surface area contributed by atoms with Crippen LogP contribution in [0.3, 0.4) is 0 Å². The van der Waals surface area contributed by atoms with Gasteiger partial charge >= 0.3 is 0 Å². The second-order valence-corrected chi connectivity index (χ2v) is 5.23. The van der Waals surface area contributed by atoms with Crippen molar-refractivity contribution in [1.82, 2.24) is 19.3 Å². The van der Waals surface area contributed by atoms with Gasteiger partial charge in [-0.2, -0.15) is 5.10 Å². The summed E-state index contributed by atoms with van der Waals surface area (Å²) in [6.07, 6.45) is 0.621. The molecular formula is C15H16ClFN4. The van der Waals surface area contributed by atoms with Crippen molar-refractivity contribution in [1.29, 1.82) is 0 Å². The number of nitrogens with zero attached hydrogens (tertiary/aromatic N) is 4. The molecule has 0 radical (unpaired) electrons. The number of fused-ring (bicyclic) bond motifs is 1. The Morgan fingerprint density at radius 3 is 2.81 bits per heavy atom. The molecule has 0 aliphatic carbocycles. The van der Waals surface area contributed by atoms with Crippen LogP contribution in [0, 0.1) is 12.7 Å². The van der Waals surface area contributed by atoms with Crippen LogP contribution in [0.4, 0.5) is 4.39 Å². The summed E-state index contributed by atoms with van der Waals surface area (Å²) in [6, 6.07) is 6.49. The molecule has 0 fully saturated rings. The largest absolute Gasteiger partial charge is 0.281 e. The molecule has 0 saturated carbocycles. The summed E-state index contributed by atoms with van der Waals surface area (Å²) >= 11 is 5.88. The van der Waals surface area contributed by atoms with Gasteiger partial charge in [0.05, 0.1) is 11.4 Å². The Balaban J connectivity index is 2.34. The Morgan fingerprint density at radius 2 is 2.14 bits per heavy atom. The van der Waals surface area contributed by atoms with Gasteiger partial charge in [0.2, 0.25) is 0 Å². The number of hydrogen-bond acceptors (Lipinski definition) is 2. The predicted octanol–water partition coefficient (Wildman–Crippen LogP) is 3.47. The first-order chi connectivity index (χ1) is 10.2. The van der Waals surface area contributed by atoms with Crippen LogP contribution in [-0.4, -0.2) is 25.2 Å². The van der Waals surface area contributed by atoms with E-state index in [9.17, 15) is 4.39 Å². The van der Waals surface area contributed by atoms with Crippen LogP contribution in [0.15, 0.2) is 24.3 Å². The van der Waals surface area contributed by atoms with Gasteiger partial charge in [-0.3, -0.25) is 4.57 Å². The lowest BCUT2D eigenvalue weighted by molar-refractivity contribution is 0.625. The lowest BCUT2D eigenvalue weighted by Gasteiger charge is -2.10. The fourth-order valence-electron chi connectivity index (χ4n) is 2.57. The molecule has 0 bridgehead atoms. The Hall–Kier alpha value is -1.88. The molecule has 0 aliphatic heterocycles. The SMILES string of the molecule is CCn1nc(C)c2nc(CCCl)n(-c3cccc(F)c3)c21. The molecule has 110 valence electrons. The standard InChI is InChI=1S/C15H16ClFN4/c1-3-20-15-14(10(2)19-20)18-13(7-8-16)21(15)12-6-4-5-11(17)9-12/h4-6,9H,3,7-8H2,1-2H3. The molecule has 1 aromatic carbocycles. The van der Waals surface area contributed by atoms with E-state index in [4.69, 9.17) is 11.6 Å². The van der Waals surface area contributed by atoms with Crippen molar-refractivity contribution >= 4 is 22.8 Å². The number of benzene rings is 1. The maximum Gasteiger partial charge on any atom is 0.163 e. The molecule has 0 N–H and O–H groups in total. The third kappa shape index (κ3) is 2.31. The van der Waals surface area contributed by atoms with E-state index in [1.54, 1.807) is 6.07 Å². The number of imidazole rings is 1. The first kappa shape index (κ1) is 14.1. The zero-order valence-electron chi connectivity index (χ0n) is 12.0. The lowest BCUT2D eigenvalue weighted by Crippen LogP contribution is -2.07. The van der Waals surface area contributed by atoms with Crippen LogP contribution < -0.4 is 0 Å². The normalized spacial score (nSPS) is 11.4. The number of rotatable bonds is 4. The molecule has 21 heavy (non-hydrogen) atoms. The van der Waals surface area contributed by atoms with Crippen molar-refractivity contribution in [3.63, 3.8) is 0 Å². The van der Waals surface area contributed by atoms with Crippen LogP contribution in [-0.2, 0) is 13.0 Å². The zero-order chi connectivity index (χ0) is 15.0. The van der Waals surface area contributed by atoms with E-state index in [1.165, 1.54) is 12.1 Å². The molecule has 3 aromatic rings. The molecular weight excluding hydrogens is 291 g/mol. The van der Waals surface area contributed by atoms with E-state index < -0.39 is 0 Å². The molecule has 0 unspecified atom stereocenters. The molecule has 3 rings (SSSR count). The van der Waals surface area contributed by atoms with Gasteiger partial charge in [-0.05, 0) is 32.0 Å². The van der Waals surface area contributed by atoms with Crippen LogP contribution in [0.2, 0.25) is 0 Å². The summed E-state index contributed by atoms with van der Waals surface area (Å²) in [4.78, 5) is 4.65. The summed E-state index contributed by atoms with van der Waals surface area (Å²) in [6.45, 7) is 4.68. The third-order valence-electron chi connectivity index (χ3n) is 3.46. The Labute approximate surface area is 127 Å². The maximum atomic E-state index is 13.6. The fraction of sp³-hybridized carbons (Fsp3) is 0.333. The first-order valence-corrected chi connectivity index (χ1v) is 7.45.